The second kappa shape index (κ2) is 7.59. The molecule has 0 saturated carbocycles. The van der Waals surface area contributed by atoms with Gasteiger partial charge in [-0.05, 0) is 24.3 Å². The van der Waals surface area contributed by atoms with Crippen LogP contribution in [0.15, 0.2) is 39.8 Å². The van der Waals surface area contributed by atoms with Gasteiger partial charge in [-0.1, -0.05) is 27.5 Å². The van der Waals surface area contributed by atoms with E-state index in [0.717, 1.165) is 5.01 Å². The van der Waals surface area contributed by atoms with Crippen LogP contribution in [0.2, 0.25) is 5.02 Å². The van der Waals surface area contributed by atoms with Gasteiger partial charge in [0, 0.05) is 17.7 Å². The van der Waals surface area contributed by atoms with Crippen molar-refractivity contribution in [2.45, 2.75) is 11.1 Å². The fourth-order valence-corrected chi connectivity index (χ4v) is 4.02. The first kappa shape index (κ1) is 20.7. The van der Waals surface area contributed by atoms with E-state index in [0.29, 0.717) is 16.7 Å². The number of anilines is 1. The minimum absolute atomic E-state index is 0.0839. The summed E-state index contributed by atoms with van der Waals surface area (Å²) in [7, 11) is -1.57. The molecule has 26 heavy (non-hydrogen) atoms. The normalized spacial score (nSPS) is 12.1. The number of hydrazine groups is 1. The molecule has 12 heteroatoms. The van der Waals surface area contributed by atoms with E-state index in [1.165, 1.54) is 26.3 Å². The molecule has 0 aliphatic rings. The van der Waals surface area contributed by atoms with Gasteiger partial charge in [0.05, 0.1) is 17.7 Å². The Morgan fingerprint density at radius 2 is 1.96 bits per heavy atom. The van der Waals surface area contributed by atoms with E-state index in [-0.39, 0.29) is 21.5 Å². The van der Waals surface area contributed by atoms with E-state index in [1.54, 1.807) is 6.07 Å². The van der Waals surface area contributed by atoms with Crippen LogP contribution in [0.5, 0.6) is 5.75 Å². The molecule has 1 heterocycles. The standard InChI is InChI=1S/C14H12BrClF3N3O3S/c1-22(13-10(16)5-8(7-20-13)14(17,18)19)21-26(23,24)12-6-9(15)3-4-11(12)25-2/h3-7,21H,1-2H3. The molecule has 0 spiro atoms. The van der Waals surface area contributed by atoms with Gasteiger partial charge in [0.2, 0.25) is 0 Å². The van der Waals surface area contributed by atoms with Gasteiger partial charge in [-0.2, -0.15) is 13.2 Å². The topological polar surface area (TPSA) is 71.5 Å². The number of alkyl halides is 3. The molecule has 6 nitrogen and oxygen atoms in total. The van der Waals surface area contributed by atoms with Crippen LogP contribution in [-0.2, 0) is 16.2 Å². The van der Waals surface area contributed by atoms with E-state index >= 15 is 0 Å². The maximum absolute atomic E-state index is 12.7. The smallest absolute Gasteiger partial charge is 0.417 e. The molecule has 0 aliphatic carbocycles. The van der Waals surface area contributed by atoms with Gasteiger partial charge in [0.1, 0.15) is 10.6 Å². The van der Waals surface area contributed by atoms with Gasteiger partial charge in [-0.25, -0.2) is 13.4 Å². The van der Waals surface area contributed by atoms with Crippen LogP contribution in [0.1, 0.15) is 5.56 Å². The lowest BCUT2D eigenvalue weighted by Gasteiger charge is -2.21. The van der Waals surface area contributed by atoms with Crippen molar-refractivity contribution >= 4 is 43.4 Å². The zero-order valence-corrected chi connectivity index (χ0v) is 16.5. The third kappa shape index (κ3) is 4.58. The summed E-state index contributed by atoms with van der Waals surface area (Å²) in [4.78, 5) is 5.58. The van der Waals surface area contributed by atoms with Crippen molar-refractivity contribution < 1.29 is 26.3 Å². The summed E-state index contributed by atoms with van der Waals surface area (Å²) in [6, 6.07) is 5.02. The monoisotopic (exact) mass is 473 g/mol. The summed E-state index contributed by atoms with van der Waals surface area (Å²) in [5, 5.41) is 0.532. The van der Waals surface area contributed by atoms with Gasteiger partial charge < -0.3 is 4.74 Å². The molecular formula is C14H12BrClF3N3O3S. The molecule has 0 saturated heterocycles. The van der Waals surface area contributed by atoms with E-state index in [1.807, 2.05) is 0 Å². The number of hydrogen-bond acceptors (Lipinski definition) is 5. The van der Waals surface area contributed by atoms with E-state index < -0.39 is 21.8 Å². The van der Waals surface area contributed by atoms with Crippen molar-refractivity contribution in [1.82, 2.24) is 9.82 Å². The summed E-state index contributed by atoms with van der Waals surface area (Å²) in [6.07, 6.45) is -4.05. The molecule has 142 valence electrons. The molecule has 0 amide bonds. The zero-order valence-electron chi connectivity index (χ0n) is 13.3. The van der Waals surface area contributed by atoms with Gasteiger partial charge in [-0.15, -0.1) is 4.83 Å². The highest BCUT2D eigenvalue weighted by Crippen LogP contribution is 2.33. The number of nitrogens with zero attached hydrogens (tertiary/aromatic N) is 2. The number of sulfonamides is 1. The number of rotatable bonds is 5. The average molecular weight is 475 g/mol. The van der Waals surface area contributed by atoms with Crippen molar-refractivity contribution in [1.29, 1.82) is 0 Å². The van der Waals surface area contributed by atoms with Crippen molar-refractivity contribution in [3.63, 3.8) is 0 Å². The third-order valence-electron chi connectivity index (χ3n) is 3.14. The van der Waals surface area contributed by atoms with Crippen molar-refractivity contribution in [2.24, 2.45) is 0 Å². The molecule has 0 radical (unpaired) electrons. The molecule has 2 aromatic rings. The third-order valence-corrected chi connectivity index (χ3v) is 5.32. The van der Waals surface area contributed by atoms with Crippen molar-refractivity contribution in [3.05, 3.63) is 45.5 Å². The van der Waals surface area contributed by atoms with E-state index in [2.05, 4.69) is 25.7 Å². The van der Waals surface area contributed by atoms with Crippen LogP contribution >= 0.6 is 27.5 Å². The molecule has 0 bridgehead atoms. The number of methoxy groups -OCH3 is 1. The highest BCUT2D eigenvalue weighted by Gasteiger charge is 2.32. The van der Waals surface area contributed by atoms with Crippen LogP contribution in [0.3, 0.4) is 0 Å². The van der Waals surface area contributed by atoms with Crippen LogP contribution in [0, 0.1) is 0 Å². The van der Waals surface area contributed by atoms with Crippen LogP contribution in [-0.4, -0.2) is 27.6 Å². The highest BCUT2D eigenvalue weighted by molar-refractivity contribution is 9.10. The number of pyridine rings is 1. The fourth-order valence-electron chi connectivity index (χ4n) is 1.97. The van der Waals surface area contributed by atoms with E-state index in [9.17, 15) is 21.6 Å². The molecule has 1 aromatic carbocycles. The molecule has 0 atom stereocenters. The lowest BCUT2D eigenvalue weighted by molar-refractivity contribution is -0.137. The first-order valence-electron chi connectivity index (χ1n) is 6.78. The molecule has 0 unspecified atom stereocenters. The highest BCUT2D eigenvalue weighted by atomic mass is 79.9. The SMILES string of the molecule is COc1ccc(Br)cc1S(=O)(=O)NN(C)c1ncc(C(F)(F)F)cc1Cl. The second-order valence-corrected chi connectivity index (χ2v) is 7.93. The average Bonchev–Trinajstić information content (AvgIpc) is 2.53. The van der Waals surface area contributed by atoms with E-state index in [4.69, 9.17) is 16.3 Å². The quantitative estimate of drug-likeness (QED) is 0.667. The molecular weight excluding hydrogens is 463 g/mol. The van der Waals surface area contributed by atoms with Crippen LogP contribution < -0.4 is 14.6 Å². The Hall–Kier alpha value is -1.56. The Morgan fingerprint density at radius 3 is 2.50 bits per heavy atom. The number of benzene rings is 1. The number of ether oxygens (including phenoxy) is 1. The van der Waals surface area contributed by atoms with Crippen molar-refractivity contribution in [2.75, 3.05) is 19.2 Å². The first-order chi connectivity index (χ1) is 12.0. The maximum atomic E-state index is 12.7. The maximum Gasteiger partial charge on any atom is 0.417 e. The van der Waals surface area contributed by atoms with Crippen molar-refractivity contribution in [3.8, 4) is 5.75 Å². The molecule has 1 aromatic heterocycles. The molecule has 2 rings (SSSR count). The largest absolute Gasteiger partial charge is 0.495 e. The predicted molar refractivity (Wildman–Crippen MR) is 93.7 cm³/mol. The summed E-state index contributed by atoms with van der Waals surface area (Å²) < 4.78 is 68.7. The Balaban J connectivity index is 2.35. The van der Waals surface area contributed by atoms with Crippen LogP contribution in [0.25, 0.3) is 0 Å². The first-order valence-corrected chi connectivity index (χ1v) is 9.43. The van der Waals surface area contributed by atoms with Gasteiger partial charge in [-0.3, -0.25) is 5.01 Å². The summed E-state index contributed by atoms with van der Waals surface area (Å²) in [6.45, 7) is 0. The minimum Gasteiger partial charge on any atom is -0.495 e. The van der Waals surface area contributed by atoms with Gasteiger partial charge in [0.25, 0.3) is 10.0 Å². The number of hydrogen-bond donors (Lipinski definition) is 1. The van der Waals surface area contributed by atoms with Gasteiger partial charge in [0.15, 0.2) is 5.82 Å². The Bertz CT molecular complexity index is 925. The van der Waals surface area contributed by atoms with Gasteiger partial charge >= 0.3 is 6.18 Å². The number of halogens is 5. The summed E-state index contributed by atoms with van der Waals surface area (Å²) >= 11 is 8.98. The van der Waals surface area contributed by atoms with Crippen LogP contribution in [0.4, 0.5) is 19.0 Å². The Morgan fingerprint density at radius 1 is 1.31 bits per heavy atom. The number of aromatic nitrogens is 1. The fraction of sp³-hybridized carbons (Fsp3) is 0.214. The summed E-state index contributed by atoms with van der Waals surface area (Å²) in [5.41, 5.74) is -1.05. The Kier molecular flexibility index (Phi) is 6.06. The predicted octanol–water partition coefficient (Wildman–Crippen LogP) is 3.85. The zero-order chi connectivity index (χ0) is 19.7. The summed E-state index contributed by atoms with van der Waals surface area (Å²) in [5.74, 6) is -0.113. The lowest BCUT2D eigenvalue weighted by atomic mass is 10.3. The minimum atomic E-state index is -4.61. The molecule has 0 aliphatic heterocycles. The lowest BCUT2D eigenvalue weighted by Crippen LogP contribution is -2.40. The number of nitrogens with one attached hydrogen (secondary N) is 1. The molecule has 0 fully saturated rings. The molecule has 1 N–H and O–H groups in total. The Labute approximate surface area is 161 Å². The second-order valence-electron chi connectivity index (χ2n) is 4.98.